The number of nitrogens with zero attached hydrogens (tertiary/aromatic N) is 3. The van der Waals surface area contributed by atoms with Gasteiger partial charge < -0.3 is 9.64 Å². The summed E-state index contributed by atoms with van der Waals surface area (Å²) < 4.78 is 8.18. The van der Waals surface area contributed by atoms with Crippen LogP contribution in [0, 0.1) is 0 Å². The predicted molar refractivity (Wildman–Crippen MR) is 85.4 cm³/mol. The molecule has 1 fully saturated rings. The fraction of sp³-hybridized carbons (Fsp3) is 0.588. The maximum atomic E-state index is 6.03. The Morgan fingerprint density at radius 3 is 2.71 bits per heavy atom. The van der Waals surface area contributed by atoms with Gasteiger partial charge in [-0.25, -0.2) is 0 Å². The van der Waals surface area contributed by atoms with E-state index in [4.69, 9.17) is 9.84 Å². The first-order valence-electron chi connectivity index (χ1n) is 8.21. The summed E-state index contributed by atoms with van der Waals surface area (Å²) in [6, 6.07) is 8.40. The number of likely N-dealkylation sites (tertiary alicyclic amines) is 1. The SMILES string of the molecule is CC.c1ccc2c3n(nc2c1)CCOC3CN1CCCC1. The lowest BCUT2D eigenvalue weighted by atomic mass is 10.1. The molecule has 2 aliphatic rings. The van der Waals surface area contributed by atoms with Crippen LogP contribution in [0.15, 0.2) is 24.3 Å². The summed E-state index contributed by atoms with van der Waals surface area (Å²) in [5.74, 6) is 0. The Labute approximate surface area is 126 Å². The molecule has 0 radical (unpaired) electrons. The topological polar surface area (TPSA) is 30.3 Å². The van der Waals surface area contributed by atoms with E-state index in [2.05, 4.69) is 33.8 Å². The smallest absolute Gasteiger partial charge is 0.112 e. The van der Waals surface area contributed by atoms with Crippen molar-refractivity contribution in [3.8, 4) is 0 Å². The molecule has 0 bridgehead atoms. The molecule has 21 heavy (non-hydrogen) atoms. The molecular formula is C17H25N3O. The van der Waals surface area contributed by atoms with E-state index in [9.17, 15) is 0 Å². The minimum absolute atomic E-state index is 0.180. The van der Waals surface area contributed by atoms with Crippen LogP contribution in [0.1, 0.15) is 38.5 Å². The summed E-state index contributed by atoms with van der Waals surface area (Å²) in [5.41, 5.74) is 2.36. The van der Waals surface area contributed by atoms with Crippen molar-refractivity contribution in [2.75, 3.05) is 26.2 Å². The number of fused-ring (bicyclic) bond motifs is 3. The Hall–Kier alpha value is -1.39. The second kappa shape index (κ2) is 6.58. The molecular weight excluding hydrogens is 262 g/mol. The molecule has 114 valence electrons. The molecule has 3 heterocycles. The first-order valence-corrected chi connectivity index (χ1v) is 8.21. The van der Waals surface area contributed by atoms with Gasteiger partial charge in [-0.05, 0) is 32.0 Å². The number of benzene rings is 1. The van der Waals surface area contributed by atoms with Gasteiger partial charge in [0, 0.05) is 11.9 Å². The summed E-state index contributed by atoms with van der Waals surface area (Å²) in [4.78, 5) is 2.52. The fourth-order valence-electron chi connectivity index (χ4n) is 3.31. The van der Waals surface area contributed by atoms with Crippen LogP contribution in [0.25, 0.3) is 10.9 Å². The van der Waals surface area contributed by atoms with E-state index >= 15 is 0 Å². The van der Waals surface area contributed by atoms with Crippen molar-refractivity contribution in [3.05, 3.63) is 30.0 Å². The molecule has 1 saturated heterocycles. The highest BCUT2D eigenvalue weighted by Crippen LogP contribution is 2.30. The molecule has 4 heteroatoms. The van der Waals surface area contributed by atoms with Crippen molar-refractivity contribution in [1.82, 2.24) is 14.7 Å². The van der Waals surface area contributed by atoms with Crippen LogP contribution in [-0.2, 0) is 11.3 Å². The quantitative estimate of drug-likeness (QED) is 0.849. The number of hydrogen-bond acceptors (Lipinski definition) is 3. The van der Waals surface area contributed by atoms with Crippen molar-refractivity contribution in [2.45, 2.75) is 39.3 Å². The van der Waals surface area contributed by atoms with Gasteiger partial charge >= 0.3 is 0 Å². The zero-order chi connectivity index (χ0) is 14.7. The van der Waals surface area contributed by atoms with Crippen molar-refractivity contribution < 1.29 is 4.74 Å². The van der Waals surface area contributed by atoms with Gasteiger partial charge in [0.05, 0.1) is 24.4 Å². The molecule has 1 atom stereocenters. The third-order valence-corrected chi connectivity index (χ3v) is 4.24. The third kappa shape index (κ3) is 2.83. The van der Waals surface area contributed by atoms with Crippen LogP contribution in [-0.4, -0.2) is 40.9 Å². The molecule has 0 N–H and O–H groups in total. The van der Waals surface area contributed by atoms with Gasteiger partial charge in [0.25, 0.3) is 0 Å². The standard InChI is InChI=1S/C15H19N3O.C2H6/c1-2-6-13-12(5-1)15-14(11-17-7-3-4-8-17)19-10-9-18(15)16-13;1-2/h1-2,5-6,14H,3-4,7-11H2;1-2H3. The Kier molecular flexibility index (Phi) is 4.56. The van der Waals surface area contributed by atoms with Gasteiger partial charge in [-0.1, -0.05) is 32.0 Å². The van der Waals surface area contributed by atoms with Crippen LogP contribution < -0.4 is 0 Å². The zero-order valence-electron chi connectivity index (χ0n) is 13.1. The minimum Gasteiger partial charge on any atom is -0.369 e. The monoisotopic (exact) mass is 287 g/mol. The van der Waals surface area contributed by atoms with Gasteiger partial charge in [-0.3, -0.25) is 4.68 Å². The van der Waals surface area contributed by atoms with Gasteiger partial charge in [0.15, 0.2) is 0 Å². The highest BCUT2D eigenvalue weighted by atomic mass is 16.5. The fourth-order valence-corrected chi connectivity index (χ4v) is 3.31. The number of rotatable bonds is 2. The summed E-state index contributed by atoms with van der Waals surface area (Å²) >= 11 is 0. The van der Waals surface area contributed by atoms with E-state index in [1.807, 2.05) is 13.8 Å². The van der Waals surface area contributed by atoms with E-state index in [1.54, 1.807) is 0 Å². The third-order valence-electron chi connectivity index (χ3n) is 4.24. The maximum absolute atomic E-state index is 6.03. The van der Waals surface area contributed by atoms with E-state index in [0.717, 1.165) is 25.2 Å². The normalized spacial score (nSPS) is 21.9. The Morgan fingerprint density at radius 1 is 1.14 bits per heavy atom. The molecule has 1 unspecified atom stereocenters. The first-order chi connectivity index (χ1) is 10.4. The van der Waals surface area contributed by atoms with Crippen molar-refractivity contribution in [2.24, 2.45) is 0 Å². The van der Waals surface area contributed by atoms with Crippen LogP contribution >= 0.6 is 0 Å². The van der Waals surface area contributed by atoms with Crippen LogP contribution in [0.3, 0.4) is 0 Å². The zero-order valence-corrected chi connectivity index (χ0v) is 13.1. The number of ether oxygens (including phenoxy) is 1. The van der Waals surface area contributed by atoms with Crippen LogP contribution in [0.2, 0.25) is 0 Å². The average Bonchev–Trinajstić information content (AvgIpc) is 3.16. The van der Waals surface area contributed by atoms with Gasteiger partial charge in [-0.2, -0.15) is 5.10 Å². The maximum Gasteiger partial charge on any atom is 0.112 e. The molecule has 2 aliphatic heterocycles. The number of aromatic nitrogens is 2. The molecule has 0 saturated carbocycles. The van der Waals surface area contributed by atoms with Crippen LogP contribution in [0.4, 0.5) is 0 Å². The summed E-state index contributed by atoms with van der Waals surface area (Å²) in [6.07, 6.45) is 2.83. The molecule has 1 aromatic heterocycles. The molecule has 4 nitrogen and oxygen atoms in total. The Bertz CT molecular complexity index is 587. The lowest BCUT2D eigenvalue weighted by Crippen LogP contribution is -2.32. The molecule has 4 rings (SSSR count). The molecule has 0 spiro atoms. The van der Waals surface area contributed by atoms with Gasteiger partial charge in [0.1, 0.15) is 6.10 Å². The lowest BCUT2D eigenvalue weighted by molar-refractivity contribution is -0.000610. The predicted octanol–water partition coefficient (Wildman–Crippen LogP) is 3.23. The van der Waals surface area contributed by atoms with E-state index in [-0.39, 0.29) is 6.10 Å². The Morgan fingerprint density at radius 2 is 1.90 bits per heavy atom. The largest absolute Gasteiger partial charge is 0.369 e. The summed E-state index contributed by atoms with van der Waals surface area (Å²) in [5, 5.41) is 5.95. The molecule has 2 aromatic rings. The van der Waals surface area contributed by atoms with Crippen LogP contribution in [0.5, 0.6) is 0 Å². The van der Waals surface area contributed by atoms with Gasteiger partial charge in [-0.15, -0.1) is 0 Å². The molecule has 0 amide bonds. The lowest BCUT2D eigenvalue weighted by Gasteiger charge is -2.28. The summed E-state index contributed by atoms with van der Waals surface area (Å²) in [7, 11) is 0. The van der Waals surface area contributed by atoms with Crippen molar-refractivity contribution in [3.63, 3.8) is 0 Å². The Balaban J connectivity index is 0.000000636. The van der Waals surface area contributed by atoms with Crippen molar-refractivity contribution >= 4 is 10.9 Å². The second-order valence-electron chi connectivity index (χ2n) is 5.49. The summed E-state index contributed by atoms with van der Waals surface area (Å²) in [6.45, 7) is 9.09. The van der Waals surface area contributed by atoms with E-state index < -0.39 is 0 Å². The highest BCUT2D eigenvalue weighted by molar-refractivity contribution is 5.82. The van der Waals surface area contributed by atoms with E-state index in [1.165, 1.54) is 37.0 Å². The van der Waals surface area contributed by atoms with E-state index in [0.29, 0.717) is 0 Å². The van der Waals surface area contributed by atoms with Gasteiger partial charge in [0.2, 0.25) is 0 Å². The average molecular weight is 287 g/mol. The highest BCUT2D eigenvalue weighted by Gasteiger charge is 2.27. The van der Waals surface area contributed by atoms with Crippen molar-refractivity contribution in [1.29, 1.82) is 0 Å². The first kappa shape index (κ1) is 14.5. The second-order valence-corrected chi connectivity index (χ2v) is 5.49. The number of hydrogen-bond donors (Lipinski definition) is 0. The molecule has 1 aromatic carbocycles. The molecule has 0 aliphatic carbocycles. The minimum atomic E-state index is 0.180.